The Morgan fingerprint density at radius 2 is 1.14 bits per heavy atom. The van der Waals surface area contributed by atoms with Crippen LogP contribution in [0.1, 0.15) is 139 Å². The smallest absolute Gasteiger partial charge is 0.268 e. The molecule has 0 bridgehead atoms. The number of nitrogens with zero attached hydrogens (tertiary/aromatic N) is 4. The number of benzene rings is 8. The van der Waals surface area contributed by atoms with Crippen molar-refractivity contribution in [1.82, 2.24) is 14.1 Å². The van der Waals surface area contributed by atoms with Crippen molar-refractivity contribution in [3.8, 4) is 62.1 Å². The van der Waals surface area contributed by atoms with Gasteiger partial charge in [0, 0.05) is 44.3 Å². The molecule has 0 spiro atoms. The molecule has 0 unspecified atom stereocenters. The quantitative estimate of drug-likeness (QED) is 0.112. The van der Waals surface area contributed by atoms with Crippen molar-refractivity contribution in [2.75, 3.05) is 0 Å². The third-order valence-electron chi connectivity index (χ3n) is 15.3. The Balaban J connectivity index is 0.00000803. The van der Waals surface area contributed by atoms with Gasteiger partial charge in [-0.2, -0.15) is 18.2 Å². The third-order valence-corrected chi connectivity index (χ3v) is 15.3. The first kappa shape index (κ1) is 49.7. The zero-order chi connectivity index (χ0) is 60.3. The van der Waals surface area contributed by atoms with Crippen molar-refractivity contribution in [1.29, 1.82) is 0 Å². The van der Waals surface area contributed by atoms with E-state index in [0.29, 0.717) is 22.7 Å². The van der Waals surface area contributed by atoms with Crippen LogP contribution >= 0.6 is 0 Å². The number of pyridine rings is 1. The third kappa shape index (κ3) is 10.9. The van der Waals surface area contributed by atoms with Crippen LogP contribution in [-0.2, 0) is 48.1 Å². The Morgan fingerprint density at radius 3 is 1.80 bits per heavy atom. The van der Waals surface area contributed by atoms with Gasteiger partial charge >= 0.3 is 0 Å². The summed E-state index contributed by atoms with van der Waals surface area (Å²) in [6.45, 7) is 33.1. The van der Waals surface area contributed by atoms with Crippen LogP contribution in [0, 0.1) is 18.5 Å². The number of imidazole rings is 1. The van der Waals surface area contributed by atoms with Crippen molar-refractivity contribution in [2.24, 2.45) is 0 Å². The first-order valence-corrected chi connectivity index (χ1v) is 27.5. The Morgan fingerprint density at radius 1 is 0.487 bits per heavy atom. The molecule has 11 rings (SSSR count). The molecule has 0 amide bonds. The van der Waals surface area contributed by atoms with E-state index in [2.05, 4.69) is 239 Å². The molecule has 0 aliphatic carbocycles. The summed E-state index contributed by atoms with van der Waals surface area (Å²) in [7, 11) is 0. The van der Waals surface area contributed by atoms with Crippen LogP contribution in [0.3, 0.4) is 0 Å². The average Bonchev–Trinajstić information content (AvgIpc) is 1.81. The summed E-state index contributed by atoms with van der Waals surface area (Å²) in [5.74, 6) is 1.82. The van der Waals surface area contributed by atoms with Gasteiger partial charge in [0.15, 0.2) is 0 Å². The molecule has 0 radical (unpaired) electrons. The van der Waals surface area contributed by atoms with E-state index < -0.39 is 11.5 Å². The van der Waals surface area contributed by atoms with E-state index in [4.69, 9.17) is 13.8 Å². The van der Waals surface area contributed by atoms with E-state index in [0.717, 1.165) is 83.3 Å². The molecule has 0 saturated heterocycles. The van der Waals surface area contributed by atoms with Crippen molar-refractivity contribution >= 4 is 32.8 Å². The molecule has 11 aromatic rings. The number of hydrogen-bond donors (Lipinski definition) is 0. The predicted molar refractivity (Wildman–Crippen MR) is 330 cm³/mol. The molecule has 6 heteroatoms. The second-order valence-corrected chi connectivity index (χ2v) is 26.4. The SMILES string of the molecule is [2H]c1c([2H])c([2H])c(-c2cc(-c3cc(C(C)(C)C)cc(C(C)(C)C)c3)c(-[n+]3[c-]n(-c4[c-]c(Oc5[c-]c6c(cc5)c5ccccc5n6-c5cc(C(C)(C)C)ccn5)ccc4)c4cc(-c5ccc(C(C)(C)C)cc5)ccc43)c(C(C)(C)C)c2)c([2H])c1[2H].[Pt]. The molecule has 0 atom stereocenters. The molecule has 408 valence electrons. The second kappa shape index (κ2) is 20.6. The number of ether oxygens (including phenoxy) is 1. The number of fused-ring (bicyclic) bond motifs is 4. The monoisotopic (exact) mass is 1230 g/mol. The predicted octanol–water partition coefficient (Wildman–Crippen LogP) is 19.1. The largest absolute Gasteiger partial charge is 0.510 e. The van der Waals surface area contributed by atoms with Gasteiger partial charge in [-0.15, -0.1) is 29.7 Å². The zero-order valence-electron chi connectivity index (χ0n) is 53.9. The summed E-state index contributed by atoms with van der Waals surface area (Å²) in [4.78, 5) is 4.90. The van der Waals surface area contributed by atoms with E-state index in [1.807, 2.05) is 42.6 Å². The van der Waals surface area contributed by atoms with Crippen LogP contribution in [0.15, 0.2) is 176 Å². The molecular weight excluding hydrogens is 1160 g/mol. The molecule has 5 nitrogen and oxygen atoms in total. The van der Waals surface area contributed by atoms with Gasteiger partial charge < -0.3 is 13.9 Å². The van der Waals surface area contributed by atoms with Crippen LogP contribution in [0.4, 0.5) is 0 Å². The Labute approximate surface area is 496 Å². The molecule has 80 heavy (non-hydrogen) atoms. The second-order valence-electron chi connectivity index (χ2n) is 26.4. The summed E-state index contributed by atoms with van der Waals surface area (Å²) < 4.78 is 57.9. The molecule has 3 aromatic heterocycles. The Kier molecular flexibility index (Phi) is 12.8. The van der Waals surface area contributed by atoms with Gasteiger partial charge in [-0.25, -0.2) is 4.98 Å². The van der Waals surface area contributed by atoms with E-state index in [-0.39, 0.29) is 72.5 Å². The zero-order valence-corrected chi connectivity index (χ0v) is 51.1. The molecule has 8 aromatic carbocycles. The van der Waals surface area contributed by atoms with Gasteiger partial charge in [0.2, 0.25) is 0 Å². The summed E-state index contributed by atoms with van der Waals surface area (Å²) in [6.07, 6.45) is 5.77. The molecule has 0 aliphatic rings. The fourth-order valence-electron chi connectivity index (χ4n) is 10.6. The Hall–Kier alpha value is -7.33. The van der Waals surface area contributed by atoms with Crippen LogP contribution < -0.4 is 9.30 Å². The van der Waals surface area contributed by atoms with Crippen molar-refractivity contribution < 1.29 is 37.2 Å². The van der Waals surface area contributed by atoms with Crippen LogP contribution in [0.25, 0.3) is 83.4 Å². The standard InChI is InChI=1S/C74H74N4O.Pt/c1-70(2,3)53-31-28-49(29-32-53)50-30-35-65-67(42-50)76(57-24-21-25-58(45-57)79-59-33-34-61-60-26-19-20-27-64(60)78(66(61)46-59)68-44-54(36-37-75-68)71(4,5)6)47-77(65)69-62(52-38-55(72(7,8)9)43-56(39-52)73(10,11)12)40-51(41-63(69)74(13,14)15)48-22-17-16-18-23-48;/h16-44H,1-15H3;/q-2;/i16D,17D,18D,22D,23D;. The van der Waals surface area contributed by atoms with Gasteiger partial charge in [-0.05, 0) is 130 Å². The normalized spacial score (nSPS) is 13.5. The first-order chi connectivity index (χ1) is 39.4. The summed E-state index contributed by atoms with van der Waals surface area (Å²) in [5, 5.41) is 2.13. The van der Waals surface area contributed by atoms with Crippen molar-refractivity contribution in [3.63, 3.8) is 0 Å². The fraction of sp³-hybridized carbons (Fsp3) is 0.270. The van der Waals surface area contributed by atoms with Crippen molar-refractivity contribution in [2.45, 2.75) is 131 Å². The fourth-order valence-corrected chi connectivity index (χ4v) is 10.6. The Bertz CT molecular complexity index is 4360. The minimum absolute atomic E-state index is 0. The maximum absolute atomic E-state index is 9.27. The van der Waals surface area contributed by atoms with E-state index in [9.17, 15) is 2.74 Å². The number of para-hydroxylation sites is 1. The van der Waals surface area contributed by atoms with Gasteiger partial charge in [0.1, 0.15) is 5.82 Å². The first-order valence-electron chi connectivity index (χ1n) is 30.0. The van der Waals surface area contributed by atoms with Gasteiger partial charge in [-0.1, -0.05) is 218 Å². The molecule has 0 aliphatic heterocycles. The van der Waals surface area contributed by atoms with E-state index >= 15 is 0 Å². The molecule has 3 heterocycles. The maximum Gasteiger partial charge on any atom is 0.268 e. The summed E-state index contributed by atoms with van der Waals surface area (Å²) >= 11 is 0. The van der Waals surface area contributed by atoms with Crippen LogP contribution in [0.2, 0.25) is 0 Å². The summed E-state index contributed by atoms with van der Waals surface area (Å²) in [5.41, 5.74) is 14.2. The number of rotatable bonds is 8. The minimum Gasteiger partial charge on any atom is -0.510 e. The maximum atomic E-state index is 9.27. The summed E-state index contributed by atoms with van der Waals surface area (Å²) in [6, 6.07) is 54.4. The van der Waals surface area contributed by atoms with Gasteiger partial charge in [-0.3, -0.25) is 4.57 Å². The van der Waals surface area contributed by atoms with Gasteiger partial charge in [0.05, 0.1) is 23.6 Å². The van der Waals surface area contributed by atoms with Crippen LogP contribution in [-0.4, -0.2) is 14.1 Å². The number of aromatic nitrogens is 4. The van der Waals surface area contributed by atoms with Gasteiger partial charge in [0.25, 0.3) is 6.33 Å². The topological polar surface area (TPSA) is 35.9 Å². The number of hydrogen-bond acceptors (Lipinski definition) is 2. The van der Waals surface area contributed by atoms with Crippen LogP contribution in [0.5, 0.6) is 11.5 Å². The van der Waals surface area contributed by atoms with E-state index in [1.54, 1.807) is 0 Å². The average molecular weight is 1240 g/mol. The molecule has 0 fully saturated rings. The molecule has 0 saturated carbocycles. The minimum atomic E-state index is -0.555. The molecular formula is C74H74N4OPt-2. The van der Waals surface area contributed by atoms with E-state index in [1.165, 1.54) is 11.1 Å². The molecule has 0 N–H and O–H groups in total. The van der Waals surface area contributed by atoms with Crippen molar-refractivity contribution in [3.05, 3.63) is 222 Å².